The summed E-state index contributed by atoms with van der Waals surface area (Å²) in [5.41, 5.74) is 0.233. The van der Waals surface area contributed by atoms with Gasteiger partial charge in [0.2, 0.25) is 0 Å². The van der Waals surface area contributed by atoms with E-state index in [2.05, 4.69) is 15.0 Å². The van der Waals surface area contributed by atoms with Crippen LogP contribution in [0.25, 0.3) is 0 Å². The van der Waals surface area contributed by atoms with Gasteiger partial charge in [-0.2, -0.15) is 8.78 Å². The van der Waals surface area contributed by atoms with E-state index in [9.17, 15) is 22.2 Å². The molecule has 1 heterocycles. The Bertz CT molecular complexity index is 976. The molecule has 2 aromatic carbocycles. The van der Waals surface area contributed by atoms with Crippen molar-refractivity contribution >= 4 is 16.7 Å². The Morgan fingerprint density at radius 2 is 1.91 bits per heavy atom. The van der Waals surface area contributed by atoms with E-state index in [1.807, 2.05) is 30.3 Å². The smallest absolute Gasteiger partial charge is 0.387 e. The Balaban J connectivity index is 1.16. The predicted octanol–water partition coefficient (Wildman–Crippen LogP) is 3.68. The molecule has 1 N–H and O–H groups in total. The molecule has 4 rings (SSSR count). The summed E-state index contributed by atoms with van der Waals surface area (Å²) < 4.78 is 54.8. The third-order valence-corrected chi connectivity index (χ3v) is 7.42. The maximum Gasteiger partial charge on any atom is 0.387 e. The highest BCUT2D eigenvalue weighted by molar-refractivity contribution is 7.85. The normalized spacial score (nSPS) is 18.8. The van der Waals surface area contributed by atoms with Gasteiger partial charge in [-0.15, -0.1) is 0 Å². The van der Waals surface area contributed by atoms with Gasteiger partial charge in [0.05, 0.1) is 10.8 Å². The standard InChI is InChI=1S/C23H25F3N2O3S/c24-18-8-17(9-19(10-18)31-22(25)26)21(29)27-13-16-11-23(12-16)14-28(15-23)6-7-32(30)20-4-2-1-3-5-20/h1-5,8-10,16,22H,6-7,11-15H2,(H,27,29). The lowest BCUT2D eigenvalue weighted by Crippen LogP contribution is -2.63. The monoisotopic (exact) mass is 466 g/mol. The first-order valence-corrected chi connectivity index (χ1v) is 11.8. The van der Waals surface area contributed by atoms with Crippen molar-refractivity contribution in [3.63, 3.8) is 0 Å². The van der Waals surface area contributed by atoms with E-state index in [1.165, 1.54) is 0 Å². The number of nitrogens with one attached hydrogen (secondary N) is 1. The molecule has 5 nitrogen and oxygen atoms in total. The molecule has 1 amide bonds. The highest BCUT2D eigenvalue weighted by Gasteiger charge is 2.51. The number of hydrogen-bond acceptors (Lipinski definition) is 4. The van der Waals surface area contributed by atoms with E-state index < -0.39 is 29.1 Å². The SMILES string of the molecule is O=C(NCC1CC2(C1)CN(CCS(=O)c1ccccc1)C2)c1cc(F)cc(OC(F)F)c1. The summed E-state index contributed by atoms with van der Waals surface area (Å²) in [6.45, 7) is 0.121. The zero-order chi connectivity index (χ0) is 22.7. The van der Waals surface area contributed by atoms with E-state index in [-0.39, 0.29) is 16.7 Å². The molecular weight excluding hydrogens is 441 g/mol. The first-order valence-electron chi connectivity index (χ1n) is 10.5. The summed E-state index contributed by atoms with van der Waals surface area (Å²) in [7, 11) is -0.987. The van der Waals surface area contributed by atoms with Crippen LogP contribution in [-0.4, -0.2) is 53.6 Å². The first-order chi connectivity index (χ1) is 15.3. The van der Waals surface area contributed by atoms with Crippen molar-refractivity contribution in [2.24, 2.45) is 11.3 Å². The second-order valence-corrected chi connectivity index (χ2v) is 10.2. The van der Waals surface area contributed by atoms with Gasteiger partial charge in [0.1, 0.15) is 11.6 Å². The van der Waals surface area contributed by atoms with Crippen molar-refractivity contribution in [2.75, 3.05) is 31.9 Å². The first kappa shape index (κ1) is 22.8. The minimum atomic E-state index is -3.08. The van der Waals surface area contributed by atoms with Crippen molar-refractivity contribution in [2.45, 2.75) is 24.3 Å². The maximum absolute atomic E-state index is 13.6. The molecule has 2 aliphatic rings. The second-order valence-electron chi connectivity index (χ2n) is 8.61. The number of halogens is 3. The fraction of sp³-hybridized carbons (Fsp3) is 0.435. The van der Waals surface area contributed by atoms with Gasteiger partial charge in [-0.1, -0.05) is 18.2 Å². The summed E-state index contributed by atoms with van der Waals surface area (Å²) in [5, 5.41) is 2.76. The minimum absolute atomic E-state index is 0.0454. The van der Waals surface area contributed by atoms with Gasteiger partial charge in [-0.25, -0.2) is 4.39 Å². The average Bonchev–Trinajstić information content (AvgIpc) is 2.70. The Labute approximate surface area is 187 Å². The zero-order valence-electron chi connectivity index (χ0n) is 17.4. The summed E-state index contributed by atoms with van der Waals surface area (Å²) in [5.74, 6) is -0.743. The minimum Gasteiger partial charge on any atom is -0.435 e. The number of ether oxygens (including phenoxy) is 1. The molecule has 1 spiro atoms. The number of hydrogen-bond donors (Lipinski definition) is 1. The lowest BCUT2D eigenvalue weighted by Gasteiger charge is -2.59. The van der Waals surface area contributed by atoms with Gasteiger partial charge in [0.25, 0.3) is 5.91 Å². The van der Waals surface area contributed by atoms with Crippen LogP contribution >= 0.6 is 0 Å². The highest BCUT2D eigenvalue weighted by atomic mass is 32.2. The molecule has 0 radical (unpaired) electrons. The molecule has 1 saturated carbocycles. The summed E-state index contributed by atoms with van der Waals surface area (Å²) in [4.78, 5) is 15.5. The number of amides is 1. The predicted molar refractivity (Wildman–Crippen MR) is 115 cm³/mol. The summed E-state index contributed by atoms with van der Waals surface area (Å²) in [6.07, 6.45) is 1.99. The molecule has 1 atom stereocenters. The van der Waals surface area contributed by atoms with Crippen LogP contribution in [0.2, 0.25) is 0 Å². The zero-order valence-corrected chi connectivity index (χ0v) is 18.3. The quantitative estimate of drug-likeness (QED) is 0.613. The lowest BCUT2D eigenvalue weighted by atomic mass is 9.57. The molecule has 172 valence electrons. The van der Waals surface area contributed by atoms with Gasteiger partial charge in [-0.05, 0) is 48.4 Å². The summed E-state index contributed by atoms with van der Waals surface area (Å²) in [6, 6.07) is 12.4. The molecule has 2 fully saturated rings. The maximum atomic E-state index is 13.6. The Kier molecular flexibility index (Phi) is 6.85. The third-order valence-electron chi connectivity index (χ3n) is 6.07. The molecule has 1 saturated heterocycles. The van der Waals surface area contributed by atoms with Crippen LogP contribution in [0.4, 0.5) is 13.2 Å². The molecule has 1 unspecified atom stereocenters. The van der Waals surface area contributed by atoms with Crippen LogP contribution < -0.4 is 10.1 Å². The van der Waals surface area contributed by atoms with E-state index >= 15 is 0 Å². The van der Waals surface area contributed by atoms with Crippen molar-refractivity contribution < 1.29 is 26.9 Å². The van der Waals surface area contributed by atoms with Crippen LogP contribution in [0.3, 0.4) is 0 Å². The van der Waals surface area contributed by atoms with Gasteiger partial charge in [-0.3, -0.25) is 9.00 Å². The van der Waals surface area contributed by atoms with Crippen molar-refractivity contribution in [1.29, 1.82) is 0 Å². The molecule has 1 aliphatic heterocycles. The Morgan fingerprint density at radius 3 is 2.59 bits per heavy atom. The third kappa shape index (κ3) is 5.50. The number of likely N-dealkylation sites (tertiary alicyclic amines) is 1. The van der Waals surface area contributed by atoms with Gasteiger partial charge >= 0.3 is 6.61 Å². The van der Waals surface area contributed by atoms with Crippen LogP contribution in [-0.2, 0) is 10.8 Å². The fourth-order valence-electron chi connectivity index (χ4n) is 4.73. The highest BCUT2D eigenvalue weighted by Crippen LogP contribution is 2.51. The van der Waals surface area contributed by atoms with Crippen LogP contribution in [0.15, 0.2) is 53.4 Å². The molecule has 0 aromatic heterocycles. The van der Waals surface area contributed by atoms with Gasteiger partial charge in [0.15, 0.2) is 0 Å². The van der Waals surface area contributed by atoms with Crippen LogP contribution in [0.1, 0.15) is 23.2 Å². The molecule has 9 heteroatoms. The Hall–Kier alpha value is -2.39. The van der Waals surface area contributed by atoms with Gasteiger partial charge in [0, 0.05) is 48.5 Å². The number of alkyl halides is 2. The van der Waals surface area contributed by atoms with Gasteiger partial charge < -0.3 is 15.0 Å². The topological polar surface area (TPSA) is 58.6 Å². The van der Waals surface area contributed by atoms with Crippen LogP contribution in [0, 0.1) is 17.2 Å². The Morgan fingerprint density at radius 1 is 1.19 bits per heavy atom. The van der Waals surface area contributed by atoms with E-state index in [4.69, 9.17) is 0 Å². The fourth-order valence-corrected chi connectivity index (χ4v) is 5.85. The molecule has 1 aliphatic carbocycles. The van der Waals surface area contributed by atoms with Crippen molar-refractivity contribution in [3.05, 3.63) is 59.9 Å². The molecule has 32 heavy (non-hydrogen) atoms. The average molecular weight is 467 g/mol. The largest absolute Gasteiger partial charge is 0.435 e. The number of benzene rings is 2. The van der Waals surface area contributed by atoms with Crippen molar-refractivity contribution in [1.82, 2.24) is 10.2 Å². The van der Waals surface area contributed by atoms with E-state index in [0.29, 0.717) is 18.2 Å². The lowest BCUT2D eigenvalue weighted by molar-refractivity contribution is -0.0896. The van der Waals surface area contributed by atoms with E-state index in [1.54, 1.807) is 0 Å². The molecule has 2 aromatic rings. The number of nitrogens with zero attached hydrogens (tertiary/aromatic N) is 1. The number of carbonyl (C=O) groups is 1. The summed E-state index contributed by atoms with van der Waals surface area (Å²) >= 11 is 0. The number of carbonyl (C=O) groups excluding carboxylic acids is 1. The van der Waals surface area contributed by atoms with Crippen molar-refractivity contribution in [3.8, 4) is 5.75 Å². The van der Waals surface area contributed by atoms with E-state index in [0.717, 1.165) is 55.6 Å². The number of rotatable bonds is 9. The molecule has 0 bridgehead atoms. The van der Waals surface area contributed by atoms with Crippen LogP contribution in [0.5, 0.6) is 5.75 Å². The second kappa shape index (κ2) is 9.62. The molecular formula is C23H25F3N2O3S.